The van der Waals surface area contributed by atoms with Gasteiger partial charge in [0, 0.05) is 48.4 Å². The lowest BCUT2D eigenvalue weighted by Crippen LogP contribution is -2.32. The van der Waals surface area contributed by atoms with E-state index in [0.29, 0.717) is 35.7 Å². The number of hydrogen-bond acceptors (Lipinski definition) is 8. The van der Waals surface area contributed by atoms with E-state index in [4.69, 9.17) is 14.7 Å². The number of ether oxygens (including phenoxy) is 2. The number of rotatable bonds is 12. The number of hydroxylamine groups is 1. The van der Waals surface area contributed by atoms with Crippen molar-refractivity contribution < 1.29 is 34.1 Å². The minimum absolute atomic E-state index is 0.0421. The van der Waals surface area contributed by atoms with Gasteiger partial charge in [-0.3, -0.25) is 14.8 Å². The normalized spacial score (nSPS) is 18.7. The first kappa shape index (κ1) is 29.5. The number of hydrogen-bond donors (Lipinski definition) is 4. The Kier molecular flexibility index (Phi) is 10.9. The average Bonchev–Trinajstić information content (AvgIpc) is 2.99. The molecule has 11 heteroatoms. The third-order valence-corrected chi connectivity index (χ3v) is 7.60. The molecular formula is C29H33N3O7S. The summed E-state index contributed by atoms with van der Waals surface area (Å²) in [4.78, 5) is 23.5. The quantitative estimate of drug-likeness (QED) is 0.0638. The lowest BCUT2D eigenvalue weighted by atomic mass is 10.0. The summed E-state index contributed by atoms with van der Waals surface area (Å²) in [5.41, 5.74) is 4.68. The van der Waals surface area contributed by atoms with Gasteiger partial charge in [-0.1, -0.05) is 48.2 Å². The summed E-state index contributed by atoms with van der Waals surface area (Å²) in [6.07, 6.45) is 2.23. The number of pyridine rings is 1. The monoisotopic (exact) mass is 567 g/mol. The Morgan fingerprint density at radius 1 is 0.975 bits per heavy atom. The number of aliphatic hydroxyl groups is 1. The Labute approximate surface area is 236 Å². The summed E-state index contributed by atoms with van der Waals surface area (Å²) in [6.45, 7) is -0.0421. The van der Waals surface area contributed by atoms with Crippen molar-refractivity contribution in [2.24, 2.45) is 0 Å². The van der Waals surface area contributed by atoms with E-state index in [2.05, 4.69) is 5.32 Å². The van der Waals surface area contributed by atoms with Crippen LogP contribution in [0, 0.1) is 5.21 Å². The number of nitrogens with zero attached hydrogens (tertiary/aromatic N) is 1. The van der Waals surface area contributed by atoms with Crippen molar-refractivity contribution in [2.75, 3.05) is 11.1 Å². The molecule has 212 valence electrons. The van der Waals surface area contributed by atoms with Crippen molar-refractivity contribution in [2.45, 2.75) is 62.2 Å². The van der Waals surface area contributed by atoms with E-state index in [9.17, 15) is 19.9 Å². The minimum atomic E-state index is -0.703. The highest BCUT2D eigenvalue weighted by Gasteiger charge is 2.33. The number of carbonyl (C=O) groups is 2. The Bertz CT molecular complexity index is 1270. The fraction of sp³-hybridized carbons (Fsp3) is 0.345. The number of carbonyl (C=O) groups excluding carboxylic acids is 2. The molecule has 0 aliphatic carbocycles. The first-order valence-electron chi connectivity index (χ1n) is 13.1. The lowest BCUT2D eigenvalue weighted by Gasteiger charge is -2.36. The number of anilines is 1. The molecular weight excluding hydrogens is 534 g/mol. The summed E-state index contributed by atoms with van der Waals surface area (Å²) in [5, 5.41) is 33.6. The highest BCUT2D eigenvalue weighted by molar-refractivity contribution is 7.99. The van der Waals surface area contributed by atoms with Crippen LogP contribution in [0.1, 0.15) is 61.2 Å². The molecule has 1 fully saturated rings. The molecule has 1 aliphatic heterocycles. The van der Waals surface area contributed by atoms with Gasteiger partial charge in [0.1, 0.15) is 0 Å². The highest BCUT2D eigenvalue weighted by atomic mass is 32.2. The number of thioether (sulfide) groups is 1. The maximum atomic E-state index is 12.4. The summed E-state index contributed by atoms with van der Waals surface area (Å²) >= 11 is 1.42. The van der Waals surface area contributed by atoms with Crippen molar-refractivity contribution in [3.05, 3.63) is 94.8 Å². The van der Waals surface area contributed by atoms with Crippen LogP contribution in [0.15, 0.2) is 78.0 Å². The maximum absolute atomic E-state index is 12.4. The molecule has 1 saturated heterocycles. The molecule has 4 rings (SSSR count). The summed E-state index contributed by atoms with van der Waals surface area (Å²) < 4.78 is 13.5. The predicted octanol–water partition coefficient (Wildman–Crippen LogP) is 4.15. The molecule has 0 spiro atoms. The third kappa shape index (κ3) is 8.51. The van der Waals surface area contributed by atoms with Gasteiger partial charge in [0.2, 0.25) is 11.8 Å². The first-order chi connectivity index (χ1) is 19.4. The van der Waals surface area contributed by atoms with Gasteiger partial charge in [0.25, 0.3) is 5.03 Å². The van der Waals surface area contributed by atoms with Crippen LogP contribution in [0.5, 0.6) is 0 Å². The molecule has 1 aromatic heterocycles. The predicted molar refractivity (Wildman–Crippen MR) is 148 cm³/mol. The van der Waals surface area contributed by atoms with E-state index < -0.39 is 12.2 Å². The summed E-state index contributed by atoms with van der Waals surface area (Å²) in [7, 11) is 0. The van der Waals surface area contributed by atoms with Gasteiger partial charge in [-0.05, 0) is 42.2 Å². The van der Waals surface area contributed by atoms with Gasteiger partial charge in [-0.25, -0.2) is 5.48 Å². The molecule has 0 saturated carbocycles. The van der Waals surface area contributed by atoms with E-state index in [1.165, 1.54) is 18.0 Å². The SMILES string of the molecule is O=C(CCCCC(=O)Nc1cccc([C@H]2O[C@@H](CSc3cccc[n+]3[O-])C[C@@H](c3ccc(CO)cc3)O2)c1)NO. The van der Waals surface area contributed by atoms with Crippen LogP contribution in [-0.4, -0.2) is 34.0 Å². The second kappa shape index (κ2) is 14.8. The maximum Gasteiger partial charge on any atom is 0.251 e. The van der Waals surface area contributed by atoms with E-state index in [1.54, 1.807) is 23.7 Å². The van der Waals surface area contributed by atoms with Crippen LogP contribution in [0.4, 0.5) is 5.69 Å². The van der Waals surface area contributed by atoms with Crippen molar-refractivity contribution in [1.29, 1.82) is 0 Å². The number of benzene rings is 2. The van der Waals surface area contributed by atoms with Crippen molar-refractivity contribution >= 4 is 29.3 Å². The molecule has 1 aliphatic rings. The zero-order valence-corrected chi connectivity index (χ0v) is 22.7. The topological polar surface area (TPSA) is 144 Å². The Hall–Kier alpha value is -3.48. The molecule has 0 radical (unpaired) electrons. The van der Waals surface area contributed by atoms with Crippen LogP contribution in [0.2, 0.25) is 0 Å². The number of nitrogens with one attached hydrogen (secondary N) is 2. The van der Waals surface area contributed by atoms with Crippen molar-refractivity contribution in [1.82, 2.24) is 5.48 Å². The molecule has 40 heavy (non-hydrogen) atoms. The van der Waals surface area contributed by atoms with Gasteiger partial charge in [-0.15, -0.1) is 0 Å². The molecule has 0 unspecified atom stereocenters. The van der Waals surface area contributed by atoms with Crippen LogP contribution in [-0.2, 0) is 25.7 Å². The third-order valence-electron chi connectivity index (χ3n) is 6.45. The molecule has 3 aromatic rings. The molecule has 0 bridgehead atoms. The lowest BCUT2D eigenvalue weighted by molar-refractivity contribution is -0.645. The van der Waals surface area contributed by atoms with Crippen molar-refractivity contribution in [3.63, 3.8) is 0 Å². The van der Waals surface area contributed by atoms with E-state index in [0.717, 1.165) is 21.4 Å². The Balaban J connectivity index is 1.44. The minimum Gasteiger partial charge on any atom is -0.618 e. The number of aromatic nitrogens is 1. The second-order valence-electron chi connectivity index (χ2n) is 9.44. The van der Waals surface area contributed by atoms with Crippen LogP contribution in [0.3, 0.4) is 0 Å². The highest BCUT2D eigenvalue weighted by Crippen LogP contribution is 2.39. The average molecular weight is 568 g/mol. The Morgan fingerprint density at radius 3 is 2.48 bits per heavy atom. The fourth-order valence-corrected chi connectivity index (χ4v) is 5.27. The zero-order chi connectivity index (χ0) is 28.3. The zero-order valence-electron chi connectivity index (χ0n) is 21.9. The van der Waals surface area contributed by atoms with E-state index >= 15 is 0 Å². The molecule has 4 N–H and O–H groups in total. The van der Waals surface area contributed by atoms with Crippen molar-refractivity contribution in [3.8, 4) is 0 Å². The molecule has 10 nitrogen and oxygen atoms in total. The first-order valence-corrected chi connectivity index (χ1v) is 14.1. The summed E-state index contributed by atoms with van der Waals surface area (Å²) in [5.74, 6) is -0.116. The van der Waals surface area contributed by atoms with Gasteiger partial charge in [0.15, 0.2) is 12.5 Å². The molecule has 2 amide bonds. The summed E-state index contributed by atoms with van der Waals surface area (Å²) in [6, 6.07) is 20.2. The number of amides is 2. The van der Waals surface area contributed by atoms with Crippen LogP contribution >= 0.6 is 11.8 Å². The molecule has 2 heterocycles. The number of aliphatic hydroxyl groups excluding tert-OH is 1. The largest absolute Gasteiger partial charge is 0.618 e. The molecule has 2 aromatic carbocycles. The van der Waals surface area contributed by atoms with Gasteiger partial charge >= 0.3 is 0 Å². The molecule has 3 atom stereocenters. The van der Waals surface area contributed by atoms with Gasteiger partial charge in [-0.2, -0.15) is 4.73 Å². The smallest absolute Gasteiger partial charge is 0.251 e. The second-order valence-corrected chi connectivity index (χ2v) is 10.5. The van der Waals surface area contributed by atoms with E-state index in [-0.39, 0.29) is 37.6 Å². The fourth-order valence-electron chi connectivity index (χ4n) is 4.34. The van der Waals surface area contributed by atoms with Crippen LogP contribution < -0.4 is 15.5 Å². The van der Waals surface area contributed by atoms with Gasteiger partial charge in [0.05, 0.1) is 18.8 Å². The standard InChI is InChI=1S/C29H33N3O7S/c33-18-20-11-13-21(14-12-20)25-17-24(19-40-28-10-3-4-15-32(28)37)38-29(39-25)22-6-5-7-23(16-22)30-26(34)8-1-2-9-27(35)31-36/h3-7,10-16,24-25,29,33,36H,1-2,8-9,17-19H2,(H,30,34)(H,31,35)/t24-,25+,29+/m1/s1. The number of unbranched alkanes of at least 4 members (excludes halogenated alkanes) is 1. The van der Waals surface area contributed by atoms with Crippen LogP contribution in [0.25, 0.3) is 0 Å². The van der Waals surface area contributed by atoms with Gasteiger partial charge < -0.3 is 25.1 Å². The Morgan fingerprint density at radius 2 is 1.75 bits per heavy atom. The van der Waals surface area contributed by atoms with E-state index in [1.807, 2.05) is 48.5 Å².